The van der Waals surface area contributed by atoms with Crippen LogP contribution in [0.3, 0.4) is 0 Å². The van der Waals surface area contributed by atoms with E-state index in [1.54, 1.807) is 0 Å². The van der Waals surface area contributed by atoms with Gasteiger partial charge in [0, 0.05) is 25.6 Å². The Hall–Kier alpha value is -0.910. The SMILES string of the molecule is O=S1(=O)CC[C@H](OCc2ccccc2)[C@@H]2CN(CC3CC3)C[C@H]21. The first-order valence-corrected chi connectivity index (χ1v) is 10.4. The van der Waals surface area contributed by atoms with E-state index in [9.17, 15) is 8.42 Å². The highest BCUT2D eigenvalue weighted by atomic mass is 32.2. The maximum absolute atomic E-state index is 12.4. The maximum atomic E-state index is 12.4. The number of sulfone groups is 1. The van der Waals surface area contributed by atoms with Crippen molar-refractivity contribution in [1.29, 1.82) is 0 Å². The summed E-state index contributed by atoms with van der Waals surface area (Å²) in [6, 6.07) is 10.1. The molecule has 3 fully saturated rings. The van der Waals surface area contributed by atoms with E-state index in [-0.39, 0.29) is 23.0 Å². The molecule has 2 aliphatic heterocycles. The lowest BCUT2D eigenvalue weighted by molar-refractivity contribution is -0.000869. The highest BCUT2D eigenvalue weighted by molar-refractivity contribution is 7.92. The number of fused-ring (bicyclic) bond motifs is 1. The second-order valence-electron chi connectivity index (χ2n) is 7.35. The summed E-state index contributed by atoms with van der Waals surface area (Å²) in [5.41, 5.74) is 1.16. The highest BCUT2D eigenvalue weighted by Gasteiger charge is 2.49. The molecule has 0 bridgehead atoms. The third-order valence-corrected chi connectivity index (χ3v) is 7.76. The molecule has 0 aromatic heterocycles. The molecule has 2 saturated heterocycles. The fraction of sp³-hybridized carbons (Fsp3) is 0.667. The van der Waals surface area contributed by atoms with Crippen LogP contribution < -0.4 is 0 Å². The molecule has 1 aromatic rings. The van der Waals surface area contributed by atoms with Crippen molar-refractivity contribution in [3.05, 3.63) is 35.9 Å². The summed E-state index contributed by atoms with van der Waals surface area (Å²) in [7, 11) is -2.95. The highest BCUT2D eigenvalue weighted by Crippen LogP contribution is 2.37. The third kappa shape index (κ3) is 3.47. The Labute approximate surface area is 138 Å². The lowest BCUT2D eigenvalue weighted by atomic mass is 9.98. The Morgan fingerprint density at radius 1 is 1.09 bits per heavy atom. The summed E-state index contributed by atoms with van der Waals surface area (Å²) in [5.74, 6) is 1.24. The number of benzene rings is 1. The van der Waals surface area contributed by atoms with Crippen molar-refractivity contribution in [1.82, 2.24) is 4.90 Å². The Balaban J connectivity index is 1.43. The average molecular weight is 335 g/mol. The van der Waals surface area contributed by atoms with Gasteiger partial charge in [0.25, 0.3) is 0 Å². The zero-order chi connectivity index (χ0) is 15.9. The lowest BCUT2D eigenvalue weighted by Crippen LogP contribution is -2.44. The van der Waals surface area contributed by atoms with Gasteiger partial charge in [0.1, 0.15) is 0 Å². The Kier molecular flexibility index (Phi) is 4.20. The number of hydrogen-bond acceptors (Lipinski definition) is 4. The second-order valence-corrected chi connectivity index (χ2v) is 9.69. The fourth-order valence-electron chi connectivity index (χ4n) is 4.06. The first-order valence-electron chi connectivity index (χ1n) is 8.71. The molecule has 1 saturated carbocycles. The number of rotatable bonds is 5. The molecule has 0 N–H and O–H groups in total. The number of likely N-dealkylation sites (tertiary alicyclic amines) is 1. The molecule has 0 unspecified atom stereocenters. The fourth-order valence-corrected chi connectivity index (χ4v) is 6.16. The van der Waals surface area contributed by atoms with Gasteiger partial charge in [0.05, 0.1) is 23.7 Å². The predicted molar refractivity (Wildman–Crippen MR) is 89.9 cm³/mol. The van der Waals surface area contributed by atoms with Crippen molar-refractivity contribution in [2.75, 3.05) is 25.4 Å². The second kappa shape index (κ2) is 6.19. The minimum Gasteiger partial charge on any atom is -0.373 e. The van der Waals surface area contributed by atoms with Crippen LogP contribution >= 0.6 is 0 Å². The van der Waals surface area contributed by atoms with Crippen LogP contribution in [0.4, 0.5) is 0 Å². The summed E-state index contributed by atoms with van der Waals surface area (Å²) in [6.45, 7) is 3.26. The molecule has 4 nitrogen and oxygen atoms in total. The standard InChI is InChI=1S/C18H25NO3S/c20-23(21)9-8-17(22-13-15-4-2-1-3-5-15)16-11-19(12-18(16)23)10-14-6-7-14/h1-5,14,16-18H,6-13H2/t16-,17-,18+/m0/s1. The van der Waals surface area contributed by atoms with Crippen molar-refractivity contribution in [2.45, 2.75) is 37.2 Å². The monoisotopic (exact) mass is 335 g/mol. The van der Waals surface area contributed by atoms with E-state index in [0.717, 1.165) is 24.6 Å². The molecule has 1 aliphatic carbocycles. The van der Waals surface area contributed by atoms with Crippen molar-refractivity contribution < 1.29 is 13.2 Å². The van der Waals surface area contributed by atoms with Gasteiger partial charge in [0.15, 0.2) is 9.84 Å². The van der Waals surface area contributed by atoms with Gasteiger partial charge >= 0.3 is 0 Å². The van der Waals surface area contributed by atoms with Gasteiger partial charge in [-0.2, -0.15) is 0 Å². The van der Waals surface area contributed by atoms with Crippen LogP contribution in [-0.2, 0) is 21.2 Å². The molecule has 23 heavy (non-hydrogen) atoms. The van der Waals surface area contributed by atoms with Gasteiger partial charge < -0.3 is 9.64 Å². The van der Waals surface area contributed by atoms with E-state index >= 15 is 0 Å². The van der Waals surface area contributed by atoms with E-state index in [1.807, 2.05) is 18.2 Å². The lowest BCUT2D eigenvalue weighted by Gasteiger charge is -2.32. The van der Waals surface area contributed by atoms with Crippen LogP contribution in [0, 0.1) is 11.8 Å². The van der Waals surface area contributed by atoms with E-state index in [2.05, 4.69) is 17.0 Å². The summed E-state index contributed by atoms with van der Waals surface area (Å²) >= 11 is 0. The van der Waals surface area contributed by atoms with Crippen LogP contribution in [0.15, 0.2) is 30.3 Å². The van der Waals surface area contributed by atoms with Gasteiger partial charge in [-0.05, 0) is 30.7 Å². The van der Waals surface area contributed by atoms with Crippen LogP contribution in [-0.4, -0.2) is 50.1 Å². The van der Waals surface area contributed by atoms with Gasteiger partial charge in [-0.3, -0.25) is 0 Å². The van der Waals surface area contributed by atoms with Gasteiger partial charge in [-0.15, -0.1) is 0 Å². The number of nitrogens with zero attached hydrogens (tertiary/aromatic N) is 1. The van der Waals surface area contributed by atoms with Crippen molar-refractivity contribution in [3.63, 3.8) is 0 Å². The van der Waals surface area contributed by atoms with Crippen molar-refractivity contribution in [3.8, 4) is 0 Å². The van der Waals surface area contributed by atoms with Crippen LogP contribution in [0.5, 0.6) is 0 Å². The molecule has 0 spiro atoms. The van der Waals surface area contributed by atoms with Crippen molar-refractivity contribution in [2.24, 2.45) is 11.8 Å². The quantitative estimate of drug-likeness (QED) is 0.827. The molecular weight excluding hydrogens is 310 g/mol. The van der Waals surface area contributed by atoms with Gasteiger partial charge in [-0.1, -0.05) is 30.3 Å². The Morgan fingerprint density at radius 2 is 1.87 bits per heavy atom. The van der Waals surface area contributed by atoms with Crippen LogP contribution in [0.1, 0.15) is 24.8 Å². The first-order chi connectivity index (χ1) is 11.1. The average Bonchev–Trinajstić information content (AvgIpc) is 3.24. The van der Waals surface area contributed by atoms with Crippen LogP contribution in [0.2, 0.25) is 0 Å². The molecular formula is C18H25NO3S. The number of hydrogen-bond donors (Lipinski definition) is 0. The Morgan fingerprint density at radius 3 is 2.61 bits per heavy atom. The molecule has 0 amide bonds. The van der Waals surface area contributed by atoms with E-state index < -0.39 is 9.84 Å². The zero-order valence-corrected chi connectivity index (χ0v) is 14.2. The van der Waals surface area contributed by atoms with E-state index in [1.165, 1.54) is 12.8 Å². The van der Waals surface area contributed by atoms with E-state index in [4.69, 9.17) is 4.74 Å². The first kappa shape index (κ1) is 15.6. The third-order valence-electron chi connectivity index (χ3n) is 5.53. The molecule has 3 atom stereocenters. The largest absolute Gasteiger partial charge is 0.373 e. The minimum absolute atomic E-state index is 0.0768. The topological polar surface area (TPSA) is 46.6 Å². The van der Waals surface area contributed by atoms with Crippen molar-refractivity contribution >= 4 is 9.84 Å². The zero-order valence-electron chi connectivity index (χ0n) is 13.4. The summed E-state index contributed by atoms with van der Waals surface area (Å²) in [6.07, 6.45) is 3.35. The maximum Gasteiger partial charge on any atom is 0.154 e. The number of ether oxygens (including phenoxy) is 1. The van der Waals surface area contributed by atoms with Crippen LogP contribution in [0.25, 0.3) is 0 Å². The molecule has 1 aromatic carbocycles. The summed E-state index contributed by atoms with van der Waals surface area (Å²) in [5, 5.41) is -0.212. The predicted octanol–water partition coefficient (Wildman–Crippen LogP) is 2.10. The van der Waals surface area contributed by atoms with E-state index in [0.29, 0.717) is 19.6 Å². The molecule has 4 rings (SSSR count). The normalized spacial score (nSPS) is 33.5. The molecule has 3 aliphatic rings. The van der Waals surface area contributed by atoms with Gasteiger partial charge in [0.2, 0.25) is 0 Å². The molecule has 126 valence electrons. The van der Waals surface area contributed by atoms with Gasteiger partial charge in [-0.25, -0.2) is 8.42 Å². The molecule has 2 heterocycles. The Bertz CT molecular complexity index is 641. The molecule has 5 heteroatoms. The minimum atomic E-state index is -2.95. The molecule has 0 radical (unpaired) electrons. The summed E-state index contributed by atoms with van der Waals surface area (Å²) in [4.78, 5) is 2.37. The smallest absolute Gasteiger partial charge is 0.154 e. The summed E-state index contributed by atoms with van der Waals surface area (Å²) < 4.78 is 31.0.